The number of aryl methyl sites for hydroxylation is 1. The molecule has 29 heavy (non-hydrogen) atoms. The lowest BCUT2D eigenvalue weighted by Crippen LogP contribution is -2.31. The number of nitriles is 1. The zero-order chi connectivity index (χ0) is 20.1. The van der Waals surface area contributed by atoms with Crippen LogP contribution in [0.25, 0.3) is 11.5 Å². The number of rotatable bonds is 6. The van der Waals surface area contributed by atoms with Gasteiger partial charge in [0, 0.05) is 18.8 Å². The molecule has 0 bridgehead atoms. The van der Waals surface area contributed by atoms with E-state index in [1.807, 2.05) is 12.1 Å². The Morgan fingerprint density at radius 1 is 1.17 bits per heavy atom. The molecule has 0 saturated carbocycles. The van der Waals surface area contributed by atoms with Crippen molar-refractivity contribution >= 4 is 17.3 Å². The fourth-order valence-corrected chi connectivity index (χ4v) is 3.17. The van der Waals surface area contributed by atoms with Crippen LogP contribution in [0.2, 0.25) is 0 Å². The van der Waals surface area contributed by atoms with Crippen molar-refractivity contribution in [3.63, 3.8) is 0 Å². The Morgan fingerprint density at radius 3 is 2.69 bits per heavy atom. The molecule has 1 fully saturated rings. The van der Waals surface area contributed by atoms with Gasteiger partial charge in [0.25, 0.3) is 5.89 Å². The first-order valence-electron chi connectivity index (χ1n) is 9.46. The van der Waals surface area contributed by atoms with Crippen molar-refractivity contribution in [3.05, 3.63) is 36.2 Å². The van der Waals surface area contributed by atoms with E-state index in [2.05, 4.69) is 41.0 Å². The van der Waals surface area contributed by atoms with E-state index >= 15 is 0 Å². The summed E-state index contributed by atoms with van der Waals surface area (Å²) in [5.41, 5.74) is 1.86. The van der Waals surface area contributed by atoms with Crippen LogP contribution >= 0.6 is 0 Å². The molecule has 0 amide bonds. The highest BCUT2D eigenvalue weighted by Crippen LogP contribution is 2.29. The monoisotopic (exact) mass is 391 g/mol. The van der Waals surface area contributed by atoms with Gasteiger partial charge in [-0.15, -0.1) is 0 Å². The quantitative estimate of drug-likeness (QED) is 0.573. The number of pyridine rings is 1. The van der Waals surface area contributed by atoms with Crippen LogP contribution in [0.1, 0.15) is 24.4 Å². The van der Waals surface area contributed by atoms with E-state index in [0.29, 0.717) is 29.3 Å². The SMILES string of the molecule is Cc1noc(-c2cnc(Nc3cnc(C#N)cn3)cc2NCC2CCNCC2)n1. The molecule has 1 aliphatic rings. The Hall–Kier alpha value is -3.58. The number of nitrogens with one attached hydrogen (secondary N) is 3. The zero-order valence-corrected chi connectivity index (χ0v) is 16.0. The standard InChI is InChI=1S/C19H21N9O/c1-12-26-19(29-28-12)15-10-25-17(27-18-11-22-14(7-20)9-24-18)6-16(15)23-8-13-2-4-21-5-3-13/h6,9-11,13,21H,2-5,8H2,1H3,(H2,23,24,25,27). The summed E-state index contributed by atoms with van der Waals surface area (Å²) in [5, 5.41) is 22.7. The molecular formula is C19H21N9O. The fraction of sp³-hybridized carbons (Fsp3) is 0.368. The maximum Gasteiger partial charge on any atom is 0.261 e. The van der Waals surface area contributed by atoms with Gasteiger partial charge in [0.05, 0.1) is 23.6 Å². The van der Waals surface area contributed by atoms with Gasteiger partial charge in [0.1, 0.15) is 17.7 Å². The van der Waals surface area contributed by atoms with Crippen LogP contribution in [-0.4, -0.2) is 44.7 Å². The van der Waals surface area contributed by atoms with Crippen LogP contribution in [0.5, 0.6) is 0 Å². The van der Waals surface area contributed by atoms with Crippen molar-refractivity contribution < 1.29 is 4.52 Å². The molecule has 4 heterocycles. The van der Waals surface area contributed by atoms with E-state index in [9.17, 15) is 0 Å². The average molecular weight is 391 g/mol. The molecule has 3 aromatic rings. The van der Waals surface area contributed by atoms with E-state index in [0.717, 1.165) is 43.7 Å². The zero-order valence-electron chi connectivity index (χ0n) is 16.0. The Bertz CT molecular complexity index is 1000. The largest absolute Gasteiger partial charge is 0.384 e. The van der Waals surface area contributed by atoms with Crippen LogP contribution in [0.4, 0.5) is 17.3 Å². The average Bonchev–Trinajstić information content (AvgIpc) is 3.20. The van der Waals surface area contributed by atoms with Crippen molar-refractivity contribution in [2.45, 2.75) is 19.8 Å². The maximum absolute atomic E-state index is 8.84. The second-order valence-electron chi connectivity index (χ2n) is 6.86. The third kappa shape index (κ3) is 4.64. The van der Waals surface area contributed by atoms with E-state index < -0.39 is 0 Å². The molecule has 0 aliphatic carbocycles. The Labute approximate surface area is 167 Å². The molecule has 10 heteroatoms. The van der Waals surface area contributed by atoms with Gasteiger partial charge in [-0.2, -0.15) is 10.2 Å². The lowest BCUT2D eigenvalue weighted by molar-refractivity contribution is 0.390. The normalized spacial score (nSPS) is 14.3. The van der Waals surface area contributed by atoms with Crippen LogP contribution in [0, 0.1) is 24.2 Å². The summed E-state index contributed by atoms with van der Waals surface area (Å²) in [5.74, 6) is 2.69. The highest BCUT2D eigenvalue weighted by atomic mass is 16.5. The van der Waals surface area contributed by atoms with E-state index in [-0.39, 0.29) is 5.69 Å². The second-order valence-corrected chi connectivity index (χ2v) is 6.86. The molecule has 3 aromatic heterocycles. The van der Waals surface area contributed by atoms with Gasteiger partial charge in [0.2, 0.25) is 0 Å². The van der Waals surface area contributed by atoms with Crippen LogP contribution in [0.15, 0.2) is 29.2 Å². The number of hydrogen-bond donors (Lipinski definition) is 3. The van der Waals surface area contributed by atoms with Crippen LogP contribution < -0.4 is 16.0 Å². The predicted molar refractivity (Wildman–Crippen MR) is 106 cm³/mol. The molecule has 148 valence electrons. The fourth-order valence-electron chi connectivity index (χ4n) is 3.17. The Morgan fingerprint density at radius 2 is 2.00 bits per heavy atom. The van der Waals surface area contributed by atoms with Gasteiger partial charge in [-0.3, -0.25) is 0 Å². The molecular weight excluding hydrogens is 370 g/mol. The van der Waals surface area contributed by atoms with Crippen molar-refractivity contribution in [1.82, 2.24) is 30.4 Å². The topological polar surface area (TPSA) is 137 Å². The summed E-state index contributed by atoms with van der Waals surface area (Å²) in [6.07, 6.45) is 6.88. The minimum absolute atomic E-state index is 0.259. The molecule has 0 radical (unpaired) electrons. The van der Waals surface area contributed by atoms with E-state index in [1.54, 1.807) is 13.1 Å². The number of hydrogen-bond acceptors (Lipinski definition) is 10. The molecule has 3 N–H and O–H groups in total. The van der Waals surface area contributed by atoms with Gasteiger partial charge < -0.3 is 20.5 Å². The minimum Gasteiger partial charge on any atom is -0.384 e. The van der Waals surface area contributed by atoms with Crippen LogP contribution in [0.3, 0.4) is 0 Å². The van der Waals surface area contributed by atoms with Gasteiger partial charge in [0.15, 0.2) is 11.5 Å². The summed E-state index contributed by atoms with van der Waals surface area (Å²) in [4.78, 5) is 16.9. The summed E-state index contributed by atoms with van der Waals surface area (Å²) >= 11 is 0. The summed E-state index contributed by atoms with van der Waals surface area (Å²) in [6.45, 7) is 4.72. The second kappa shape index (κ2) is 8.62. The first-order chi connectivity index (χ1) is 14.2. The lowest BCUT2D eigenvalue weighted by Gasteiger charge is -2.23. The molecule has 1 saturated heterocycles. The van der Waals surface area contributed by atoms with Gasteiger partial charge in [-0.25, -0.2) is 15.0 Å². The van der Waals surface area contributed by atoms with E-state index in [4.69, 9.17) is 9.78 Å². The van der Waals surface area contributed by atoms with Crippen molar-refractivity contribution in [2.75, 3.05) is 30.3 Å². The Kier molecular flexibility index (Phi) is 5.58. The van der Waals surface area contributed by atoms with Crippen LogP contribution in [-0.2, 0) is 0 Å². The molecule has 10 nitrogen and oxygen atoms in total. The molecule has 0 aromatic carbocycles. The van der Waals surface area contributed by atoms with Crippen molar-refractivity contribution in [3.8, 4) is 17.5 Å². The third-order valence-corrected chi connectivity index (χ3v) is 4.72. The molecule has 0 atom stereocenters. The lowest BCUT2D eigenvalue weighted by atomic mass is 9.98. The van der Waals surface area contributed by atoms with Crippen molar-refractivity contribution in [1.29, 1.82) is 5.26 Å². The first-order valence-corrected chi connectivity index (χ1v) is 9.46. The number of aromatic nitrogens is 5. The maximum atomic E-state index is 8.84. The number of piperidine rings is 1. The predicted octanol–water partition coefficient (Wildman–Crippen LogP) is 2.26. The molecule has 0 spiro atoms. The summed E-state index contributed by atoms with van der Waals surface area (Å²) < 4.78 is 5.34. The van der Waals surface area contributed by atoms with Gasteiger partial charge >= 0.3 is 0 Å². The molecule has 1 aliphatic heterocycles. The van der Waals surface area contributed by atoms with Gasteiger partial charge in [-0.1, -0.05) is 5.16 Å². The Balaban J connectivity index is 1.57. The highest BCUT2D eigenvalue weighted by Gasteiger charge is 2.17. The number of nitrogens with zero attached hydrogens (tertiary/aromatic N) is 6. The number of anilines is 3. The highest BCUT2D eigenvalue weighted by molar-refractivity contribution is 5.75. The minimum atomic E-state index is 0.259. The smallest absolute Gasteiger partial charge is 0.261 e. The first kappa shape index (κ1) is 18.8. The van der Waals surface area contributed by atoms with E-state index in [1.165, 1.54) is 12.4 Å². The van der Waals surface area contributed by atoms with Gasteiger partial charge in [-0.05, 0) is 38.8 Å². The third-order valence-electron chi connectivity index (χ3n) is 4.72. The van der Waals surface area contributed by atoms with Crippen molar-refractivity contribution in [2.24, 2.45) is 5.92 Å². The molecule has 4 rings (SSSR count). The summed E-state index contributed by atoms with van der Waals surface area (Å²) in [6, 6.07) is 3.83. The summed E-state index contributed by atoms with van der Waals surface area (Å²) in [7, 11) is 0. The molecule has 0 unspecified atom stereocenters.